The molecule has 0 bridgehead atoms. The van der Waals surface area contributed by atoms with Crippen LogP contribution in [0.4, 0.5) is 5.69 Å². The van der Waals surface area contributed by atoms with Crippen molar-refractivity contribution in [3.63, 3.8) is 0 Å². The Morgan fingerprint density at radius 3 is 2.57 bits per heavy atom. The maximum Gasteiger partial charge on any atom is 0.234 e. The Bertz CT molecular complexity index is 560. The summed E-state index contributed by atoms with van der Waals surface area (Å²) in [6.07, 6.45) is 5.81. The molecule has 0 aromatic heterocycles. The molecule has 6 heteroatoms. The van der Waals surface area contributed by atoms with E-state index in [4.69, 9.17) is 11.6 Å². The van der Waals surface area contributed by atoms with Crippen molar-refractivity contribution in [2.24, 2.45) is 0 Å². The van der Waals surface area contributed by atoms with Gasteiger partial charge in [-0.2, -0.15) is 0 Å². The topological polar surface area (TPSA) is 58.2 Å². The average molecular weight is 355 g/mol. The molecule has 2 N–H and O–H groups in total. The fourth-order valence-electron chi connectivity index (χ4n) is 2.71. The highest BCUT2D eigenvalue weighted by Crippen LogP contribution is 2.20. The van der Waals surface area contributed by atoms with Gasteiger partial charge in [-0.25, -0.2) is 0 Å². The van der Waals surface area contributed by atoms with Gasteiger partial charge in [-0.05, 0) is 43.5 Å². The molecule has 0 spiro atoms. The third-order valence-corrected chi connectivity index (χ3v) is 5.07. The number of halogens is 1. The smallest absolute Gasteiger partial charge is 0.234 e. The quantitative estimate of drug-likeness (QED) is 0.817. The third kappa shape index (κ3) is 6.43. The van der Waals surface area contributed by atoms with Crippen LogP contribution in [0.1, 0.15) is 37.7 Å². The first-order chi connectivity index (χ1) is 11.0. The molecule has 1 aromatic carbocycles. The normalized spacial score (nSPS) is 15.2. The molecule has 2 rings (SSSR count). The van der Waals surface area contributed by atoms with Crippen molar-refractivity contribution in [1.29, 1.82) is 0 Å². The molecular formula is C17H23ClN2O2S. The number of carbonyl (C=O) groups excluding carboxylic acids is 2. The molecule has 0 radical (unpaired) electrons. The maximum absolute atomic E-state index is 11.9. The van der Waals surface area contributed by atoms with E-state index in [-0.39, 0.29) is 17.6 Å². The second kappa shape index (κ2) is 9.18. The minimum atomic E-state index is -0.106. The van der Waals surface area contributed by atoms with Crippen LogP contribution >= 0.6 is 23.4 Å². The lowest BCUT2D eigenvalue weighted by atomic mass is 9.95. The van der Waals surface area contributed by atoms with Gasteiger partial charge in [0.1, 0.15) is 0 Å². The lowest BCUT2D eigenvalue weighted by molar-refractivity contribution is -0.119. The van der Waals surface area contributed by atoms with E-state index in [0.29, 0.717) is 16.8 Å². The number of carbonyl (C=O) groups is 2. The van der Waals surface area contributed by atoms with Crippen molar-refractivity contribution in [2.75, 3.05) is 16.8 Å². The summed E-state index contributed by atoms with van der Waals surface area (Å²) in [7, 11) is 0. The van der Waals surface area contributed by atoms with Gasteiger partial charge in [0.2, 0.25) is 11.8 Å². The molecule has 0 heterocycles. The molecule has 1 aliphatic carbocycles. The van der Waals surface area contributed by atoms with Crippen LogP contribution in [0.15, 0.2) is 18.2 Å². The van der Waals surface area contributed by atoms with Crippen molar-refractivity contribution < 1.29 is 9.59 Å². The van der Waals surface area contributed by atoms with E-state index in [9.17, 15) is 9.59 Å². The second-order valence-corrected chi connectivity index (χ2v) is 7.32. The number of hydrogen-bond donors (Lipinski definition) is 2. The number of hydrogen-bond acceptors (Lipinski definition) is 3. The first kappa shape index (κ1) is 18.1. The summed E-state index contributed by atoms with van der Waals surface area (Å²) in [5, 5.41) is 6.54. The van der Waals surface area contributed by atoms with Gasteiger partial charge in [-0.1, -0.05) is 30.9 Å². The van der Waals surface area contributed by atoms with Crippen LogP contribution < -0.4 is 10.6 Å². The molecule has 0 saturated heterocycles. The summed E-state index contributed by atoms with van der Waals surface area (Å²) in [5.74, 6) is 0.507. The van der Waals surface area contributed by atoms with Crippen LogP contribution in [-0.2, 0) is 9.59 Å². The number of nitrogens with one attached hydrogen (secondary N) is 2. The standard InChI is InChI=1S/C17H23ClN2O2S/c1-12-9-13(18)7-8-15(12)20-17(22)11-23-10-16(21)19-14-5-3-2-4-6-14/h7-9,14H,2-6,10-11H2,1H3,(H,19,21)(H,20,22). The van der Waals surface area contributed by atoms with E-state index in [2.05, 4.69) is 10.6 Å². The first-order valence-corrected chi connectivity index (χ1v) is 9.51. The molecule has 126 valence electrons. The lowest BCUT2D eigenvalue weighted by Crippen LogP contribution is -2.37. The Balaban J connectivity index is 1.66. The summed E-state index contributed by atoms with van der Waals surface area (Å²) >= 11 is 7.23. The number of benzene rings is 1. The zero-order valence-corrected chi connectivity index (χ0v) is 14.9. The molecule has 2 amide bonds. The Kier molecular flexibility index (Phi) is 7.24. The summed E-state index contributed by atoms with van der Waals surface area (Å²) < 4.78 is 0. The fraction of sp³-hybridized carbons (Fsp3) is 0.529. The Morgan fingerprint density at radius 1 is 1.17 bits per heavy atom. The highest BCUT2D eigenvalue weighted by atomic mass is 35.5. The van der Waals surface area contributed by atoms with Crippen molar-refractivity contribution >= 4 is 40.9 Å². The SMILES string of the molecule is Cc1cc(Cl)ccc1NC(=O)CSCC(=O)NC1CCCCC1. The first-order valence-electron chi connectivity index (χ1n) is 7.97. The number of amides is 2. The number of thioether (sulfide) groups is 1. The van der Waals surface area contributed by atoms with Crippen molar-refractivity contribution in [3.8, 4) is 0 Å². The van der Waals surface area contributed by atoms with Crippen molar-refractivity contribution in [1.82, 2.24) is 5.32 Å². The summed E-state index contributed by atoms with van der Waals surface area (Å²) in [6, 6.07) is 5.66. The van der Waals surface area contributed by atoms with Gasteiger partial charge in [0, 0.05) is 16.8 Å². The van der Waals surface area contributed by atoms with Gasteiger partial charge < -0.3 is 10.6 Å². The van der Waals surface area contributed by atoms with Crippen LogP contribution in [0.2, 0.25) is 5.02 Å². The van der Waals surface area contributed by atoms with Crippen LogP contribution in [0, 0.1) is 6.92 Å². The Morgan fingerprint density at radius 2 is 1.87 bits per heavy atom. The van der Waals surface area contributed by atoms with E-state index in [0.717, 1.165) is 24.1 Å². The molecule has 23 heavy (non-hydrogen) atoms. The van der Waals surface area contributed by atoms with E-state index in [1.54, 1.807) is 12.1 Å². The van der Waals surface area contributed by atoms with Crippen LogP contribution in [0.5, 0.6) is 0 Å². The van der Waals surface area contributed by atoms with Gasteiger partial charge in [0.15, 0.2) is 0 Å². The molecule has 1 aliphatic rings. The predicted molar refractivity (Wildman–Crippen MR) is 97.2 cm³/mol. The highest BCUT2D eigenvalue weighted by molar-refractivity contribution is 8.00. The van der Waals surface area contributed by atoms with Crippen LogP contribution in [0.25, 0.3) is 0 Å². The summed E-state index contributed by atoms with van der Waals surface area (Å²) in [6.45, 7) is 1.90. The van der Waals surface area contributed by atoms with E-state index in [1.165, 1.54) is 31.0 Å². The Hall–Kier alpha value is -1.20. The molecule has 0 atom stereocenters. The van der Waals surface area contributed by atoms with Crippen molar-refractivity contribution in [3.05, 3.63) is 28.8 Å². The number of aryl methyl sites for hydroxylation is 1. The van der Waals surface area contributed by atoms with Gasteiger partial charge in [-0.3, -0.25) is 9.59 Å². The van der Waals surface area contributed by atoms with Gasteiger partial charge in [0.05, 0.1) is 11.5 Å². The zero-order valence-electron chi connectivity index (χ0n) is 13.4. The number of rotatable bonds is 6. The largest absolute Gasteiger partial charge is 0.353 e. The fourth-order valence-corrected chi connectivity index (χ4v) is 3.56. The van der Waals surface area contributed by atoms with Gasteiger partial charge in [-0.15, -0.1) is 11.8 Å². The molecule has 4 nitrogen and oxygen atoms in total. The van der Waals surface area contributed by atoms with E-state index < -0.39 is 0 Å². The summed E-state index contributed by atoms with van der Waals surface area (Å²) in [4.78, 5) is 23.8. The van der Waals surface area contributed by atoms with E-state index >= 15 is 0 Å². The molecule has 0 unspecified atom stereocenters. The zero-order chi connectivity index (χ0) is 16.7. The van der Waals surface area contributed by atoms with Crippen LogP contribution in [-0.4, -0.2) is 29.4 Å². The minimum Gasteiger partial charge on any atom is -0.353 e. The van der Waals surface area contributed by atoms with E-state index in [1.807, 2.05) is 13.0 Å². The monoisotopic (exact) mass is 354 g/mol. The second-order valence-electron chi connectivity index (χ2n) is 5.90. The van der Waals surface area contributed by atoms with Gasteiger partial charge >= 0.3 is 0 Å². The Labute approximate surface area is 146 Å². The maximum atomic E-state index is 11.9. The highest BCUT2D eigenvalue weighted by Gasteiger charge is 2.15. The minimum absolute atomic E-state index is 0.0253. The van der Waals surface area contributed by atoms with Crippen molar-refractivity contribution in [2.45, 2.75) is 45.1 Å². The third-order valence-electron chi connectivity index (χ3n) is 3.90. The van der Waals surface area contributed by atoms with Crippen LogP contribution in [0.3, 0.4) is 0 Å². The predicted octanol–water partition coefficient (Wildman–Crippen LogP) is 3.77. The molecule has 1 saturated carbocycles. The average Bonchev–Trinajstić information content (AvgIpc) is 2.51. The van der Waals surface area contributed by atoms with Gasteiger partial charge in [0.25, 0.3) is 0 Å². The molecule has 1 fully saturated rings. The molecular weight excluding hydrogens is 332 g/mol. The molecule has 0 aliphatic heterocycles. The number of anilines is 1. The molecule has 1 aromatic rings. The lowest BCUT2D eigenvalue weighted by Gasteiger charge is -2.22. The summed E-state index contributed by atoms with van der Waals surface area (Å²) in [5.41, 5.74) is 1.68.